The minimum absolute atomic E-state index is 0.0482. The molecule has 0 saturated carbocycles. The molecule has 6 nitrogen and oxygen atoms in total. The molecule has 108 valence electrons. The zero-order chi connectivity index (χ0) is 14.9. The molecule has 2 rings (SSSR count). The maximum Gasteiger partial charge on any atom is 0.292 e. The highest BCUT2D eigenvalue weighted by molar-refractivity contribution is 6.01. The Hall–Kier alpha value is -2.11. The van der Waals surface area contributed by atoms with Gasteiger partial charge in [0.25, 0.3) is 11.6 Å². The van der Waals surface area contributed by atoms with Crippen molar-refractivity contribution in [3.63, 3.8) is 0 Å². The zero-order valence-electron chi connectivity index (χ0n) is 11.7. The monoisotopic (exact) mass is 277 g/mol. The standard InChI is InChI=1S/C14H19N3O3/c1-9-5-4-8-16(10(9)2)14(18)11-6-3-7-12(13(11)15)17(19)20/h3,6-7,9-10H,4-5,8,15H2,1-2H3. The molecule has 20 heavy (non-hydrogen) atoms. The number of piperidine rings is 1. The van der Waals surface area contributed by atoms with Crippen LogP contribution in [0.25, 0.3) is 0 Å². The summed E-state index contributed by atoms with van der Waals surface area (Å²) >= 11 is 0. The second-order valence-electron chi connectivity index (χ2n) is 5.35. The van der Waals surface area contributed by atoms with Gasteiger partial charge in [0.15, 0.2) is 0 Å². The van der Waals surface area contributed by atoms with Gasteiger partial charge in [-0.25, -0.2) is 0 Å². The van der Waals surface area contributed by atoms with Gasteiger partial charge in [-0.05, 0) is 31.7 Å². The number of nitro groups is 1. The van der Waals surface area contributed by atoms with Crippen LogP contribution < -0.4 is 5.73 Å². The summed E-state index contributed by atoms with van der Waals surface area (Å²) < 4.78 is 0. The number of nitro benzene ring substituents is 1. The third-order valence-electron chi connectivity index (χ3n) is 4.14. The minimum atomic E-state index is -0.561. The number of nitrogens with zero attached hydrogens (tertiary/aromatic N) is 2. The average Bonchev–Trinajstić information content (AvgIpc) is 2.41. The number of carbonyl (C=O) groups excluding carboxylic acids is 1. The van der Waals surface area contributed by atoms with E-state index in [1.807, 2.05) is 6.92 Å². The molecule has 1 aliphatic heterocycles. The van der Waals surface area contributed by atoms with Gasteiger partial charge in [-0.3, -0.25) is 14.9 Å². The molecule has 1 heterocycles. The number of amides is 1. The fraction of sp³-hybridized carbons (Fsp3) is 0.500. The van der Waals surface area contributed by atoms with Gasteiger partial charge in [0, 0.05) is 18.7 Å². The van der Waals surface area contributed by atoms with Crippen LogP contribution in [0, 0.1) is 16.0 Å². The largest absolute Gasteiger partial charge is 0.393 e. The number of rotatable bonds is 2. The number of likely N-dealkylation sites (tertiary alicyclic amines) is 1. The van der Waals surface area contributed by atoms with Crippen molar-refractivity contribution < 1.29 is 9.72 Å². The molecule has 0 aliphatic carbocycles. The van der Waals surface area contributed by atoms with Crippen molar-refractivity contribution in [3.05, 3.63) is 33.9 Å². The first-order valence-corrected chi connectivity index (χ1v) is 6.77. The van der Waals surface area contributed by atoms with E-state index in [0.717, 1.165) is 12.8 Å². The Morgan fingerprint density at radius 2 is 2.15 bits per heavy atom. The normalized spacial score (nSPS) is 22.6. The minimum Gasteiger partial charge on any atom is -0.393 e. The van der Waals surface area contributed by atoms with Crippen LogP contribution in [-0.2, 0) is 0 Å². The van der Waals surface area contributed by atoms with Crippen molar-refractivity contribution in [2.45, 2.75) is 32.7 Å². The summed E-state index contributed by atoms with van der Waals surface area (Å²) in [5.74, 6) is 0.206. The molecule has 1 aromatic rings. The van der Waals surface area contributed by atoms with Crippen molar-refractivity contribution in [2.75, 3.05) is 12.3 Å². The van der Waals surface area contributed by atoms with Crippen LogP contribution in [0.15, 0.2) is 18.2 Å². The van der Waals surface area contributed by atoms with Crippen LogP contribution in [0.3, 0.4) is 0 Å². The number of nitrogen functional groups attached to an aromatic ring is 1. The van der Waals surface area contributed by atoms with Crippen molar-refractivity contribution in [1.29, 1.82) is 0 Å². The van der Waals surface area contributed by atoms with Gasteiger partial charge in [0.05, 0.1) is 10.5 Å². The molecule has 1 aromatic carbocycles. The highest BCUT2D eigenvalue weighted by Gasteiger charge is 2.31. The van der Waals surface area contributed by atoms with E-state index >= 15 is 0 Å². The maximum atomic E-state index is 12.6. The number of nitrogens with two attached hydrogens (primary N) is 1. The summed E-state index contributed by atoms with van der Waals surface area (Å²) in [6, 6.07) is 4.49. The third-order valence-corrected chi connectivity index (χ3v) is 4.14. The smallest absolute Gasteiger partial charge is 0.292 e. The first-order chi connectivity index (χ1) is 9.43. The third kappa shape index (κ3) is 2.45. The molecular formula is C14H19N3O3. The van der Waals surface area contributed by atoms with E-state index in [9.17, 15) is 14.9 Å². The Morgan fingerprint density at radius 1 is 1.45 bits per heavy atom. The van der Waals surface area contributed by atoms with E-state index in [-0.39, 0.29) is 28.9 Å². The average molecular weight is 277 g/mol. The quantitative estimate of drug-likeness (QED) is 0.510. The summed E-state index contributed by atoms with van der Waals surface area (Å²) in [6.07, 6.45) is 2.04. The summed E-state index contributed by atoms with van der Waals surface area (Å²) in [5.41, 5.74) is 5.74. The Morgan fingerprint density at radius 3 is 2.80 bits per heavy atom. The van der Waals surface area contributed by atoms with Gasteiger partial charge >= 0.3 is 0 Å². The summed E-state index contributed by atoms with van der Waals surface area (Å²) in [4.78, 5) is 24.7. The molecule has 1 saturated heterocycles. The highest BCUT2D eigenvalue weighted by Crippen LogP contribution is 2.29. The molecule has 1 aliphatic rings. The molecule has 1 fully saturated rings. The van der Waals surface area contributed by atoms with Crippen LogP contribution in [0.4, 0.5) is 11.4 Å². The maximum absolute atomic E-state index is 12.6. The van der Waals surface area contributed by atoms with Gasteiger partial charge in [-0.2, -0.15) is 0 Å². The first-order valence-electron chi connectivity index (χ1n) is 6.77. The van der Waals surface area contributed by atoms with E-state index in [1.54, 1.807) is 11.0 Å². The van der Waals surface area contributed by atoms with Gasteiger partial charge in [-0.15, -0.1) is 0 Å². The lowest BCUT2D eigenvalue weighted by Gasteiger charge is -2.38. The lowest BCUT2D eigenvalue weighted by atomic mass is 9.91. The van der Waals surface area contributed by atoms with E-state index in [1.165, 1.54) is 12.1 Å². The zero-order valence-corrected chi connectivity index (χ0v) is 11.7. The number of hydrogen-bond acceptors (Lipinski definition) is 4. The van der Waals surface area contributed by atoms with Crippen molar-refractivity contribution >= 4 is 17.3 Å². The van der Waals surface area contributed by atoms with E-state index < -0.39 is 4.92 Å². The van der Waals surface area contributed by atoms with Crippen LogP contribution in [0.2, 0.25) is 0 Å². The van der Waals surface area contributed by atoms with Crippen LogP contribution >= 0.6 is 0 Å². The van der Waals surface area contributed by atoms with E-state index in [0.29, 0.717) is 12.5 Å². The summed E-state index contributed by atoms with van der Waals surface area (Å²) in [5, 5.41) is 10.9. The first kappa shape index (κ1) is 14.3. The molecule has 0 aromatic heterocycles. The SMILES string of the molecule is CC1CCCN(C(=O)c2cccc([N+](=O)[O-])c2N)C1C. The molecule has 0 spiro atoms. The molecule has 2 unspecified atom stereocenters. The number of para-hydroxylation sites is 1. The van der Waals surface area contributed by atoms with Crippen molar-refractivity contribution in [1.82, 2.24) is 4.90 Å². The fourth-order valence-electron chi connectivity index (χ4n) is 2.68. The molecule has 0 bridgehead atoms. The second-order valence-corrected chi connectivity index (χ2v) is 5.35. The van der Waals surface area contributed by atoms with Crippen LogP contribution in [0.1, 0.15) is 37.0 Å². The predicted octanol–water partition coefficient (Wildman–Crippen LogP) is 2.44. The highest BCUT2D eigenvalue weighted by atomic mass is 16.6. The predicted molar refractivity (Wildman–Crippen MR) is 76.4 cm³/mol. The number of carbonyl (C=O) groups is 1. The number of hydrogen-bond donors (Lipinski definition) is 1. The summed E-state index contributed by atoms with van der Waals surface area (Å²) in [6.45, 7) is 4.79. The Labute approximate surface area is 117 Å². The molecular weight excluding hydrogens is 258 g/mol. The lowest BCUT2D eigenvalue weighted by Crippen LogP contribution is -2.46. The van der Waals surface area contributed by atoms with Gasteiger partial charge in [0.1, 0.15) is 5.69 Å². The number of anilines is 1. The van der Waals surface area contributed by atoms with E-state index in [2.05, 4.69) is 6.92 Å². The van der Waals surface area contributed by atoms with Gasteiger partial charge in [-0.1, -0.05) is 13.0 Å². The molecule has 0 radical (unpaired) electrons. The van der Waals surface area contributed by atoms with Gasteiger partial charge in [0.2, 0.25) is 0 Å². The van der Waals surface area contributed by atoms with Gasteiger partial charge < -0.3 is 10.6 Å². The van der Waals surface area contributed by atoms with E-state index in [4.69, 9.17) is 5.73 Å². The Kier molecular flexibility index (Phi) is 3.92. The summed E-state index contributed by atoms with van der Waals surface area (Å²) in [7, 11) is 0. The van der Waals surface area contributed by atoms with Crippen molar-refractivity contribution in [3.8, 4) is 0 Å². The van der Waals surface area contributed by atoms with Crippen molar-refractivity contribution in [2.24, 2.45) is 5.92 Å². The topological polar surface area (TPSA) is 89.5 Å². The Balaban J connectivity index is 2.34. The molecule has 1 amide bonds. The molecule has 2 atom stereocenters. The molecule has 6 heteroatoms. The second kappa shape index (κ2) is 5.48. The van der Waals surface area contributed by atoms with Crippen LogP contribution in [0.5, 0.6) is 0 Å². The van der Waals surface area contributed by atoms with Crippen LogP contribution in [-0.4, -0.2) is 28.3 Å². The Bertz CT molecular complexity index is 544. The lowest BCUT2D eigenvalue weighted by molar-refractivity contribution is -0.383. The fourth-order valence-corrected chi connectivity index (χ4v) is 2.68. The number of benzene rings is 1. The molecule has 2 N–H and O–H groups in total.